The van der Waals surface area contributed by atoms with Gasteiger partial charge in [-0.15, -0.1) is 0 Å². The van der Waals surface area contributed by atoms with Gasteiger partial charge in [0.05, 0.1) is 25.4 Å². The van der Waals surface area contributed by atoms with E-state index in [2.05, 4.69) is 4.90 Å². The summed E-state index contributed by atoms with van der Waals surface area (Å²) < 4.78 is 5.50. The van der Waals surface area contributed by atoms with Gasteiger partial charge in [0.1, 0.15) is 0 Å². The summed E-state index contributed by atoms with van der Waals surface area (Å²) in [5, 5.41) is 10.2. The number of hydrogen-bond donors (Lipinski definition) is 1. The van der Waals surface area contributed by atoms with Gasteiger partial charge in [0, 0.05) is 11.4 Å². The highest BCUT2D eigenvalue weighted by Gasteiger charge is 2.14. The molecule has 3 heteroatoms. The maximum atomic E-state index is 10.2. The fourth-order valence-corrected chi connectivity index (χ4v) is 2.14. The second kappa shape index (κ2) is 7.81. The number of aliphatic hydroxyl groups is 1. The van der Waals surface area contributed by atoms with Gasteiger partial charge in [-0.2, -0.15) is 0 Å². The minimum Gasteiger partial charge on any atom is -0.389 e. The number of hydrogen-bond acceptors (Lipinski definition) is 3. The first kappa shape index (κ1) is 15.5. The summed E-state index contributed by atoms with van der Waals surface area (Å²) in [5.41, 5.74) is 2.12. The van der Waals surface area contributed by atoms with Crippen LogP contribution >= 0.6 is 0 Å². The molecule has 3 nitrogen and oxygen atoms in total. The summed E-state index contributed by atoms with van der Waals surface area (Å²) in [6.45, 7) is 4.78. The van der Waals surface area contributed by atoms with Crippen LogP contribution in [0.4, 0.5) is 11.4 Å². The lowest BCUT2D eigenvalue weighted by atomic mass is 10.2. The van der Waals surface area contributed by atoms with Crippen molar-refractivity contribution in [2.24, 2.45) is 0 Å². The van der Waals surface area contributed by atoms with E-state index in [9.17, 15) is 5.11 Å². The van der Waals surface area contributed by atoms with Gasteiger partial charge in [0.15, 0.2) is 0 Å². The lowest BCUT2D eigenvalue weighted by molar-refractivity contribution is 0.00966. The average Bonchev–Trinajstić information content (AvgIpc) is 2.52. The molecule has 0 spiro atoms. The maximum absolute atomic E-state index is 10.2. The van der Waals surface area contributed by atoms with Crippen LogP contribution in [0.25, 0.3) is 0 Å². The van der Waals surface area contributed by atoms with E-state index in [1.165, 1.54) is 0 Å². The van der Waals surface area contributed by atoms with Gasteiger partial charge in [-0.1, -0.05) is 36.4 Å². The summed E-state index contributed by atoms with van der Waals surface area (Å²) in [4.78, 5) is 2.11. The Bertz CT molecular complexity index is 474. The van der Waals surface area contributed by atoms with Gasteiger partial charge in [-0.25, -0.2) is 0 Å². The molecule has 1 unspecified atom stereocenters. The smallest absolute Gasteiger partial charge is 0.0952 e. The van der Waals surface area contributed by atoms with Gasteiger partial charge in [-0.3, -0.25) is 0 Å². The normalized spacial score (nSPS) is 12.4. The zero-order chi connectivity index (χ0) is 15.1. The Labute approximate surface area is 126 Å². The molecule has 0 fully saturated rings. The van der Waals surface area contributed by atoms with E-state index in [-0.39, 0.29) is 6.10 Å². The molecule has 0 radical (unpaired) electrons. The molecule has 0 aromatic heterocycles. The van der Waals surface area contributed by atoms with Crippen LogP contribution in [0.15, 0.2) is 60.7 Å². The Balaban J connectivity index is 2.13. The van der Waals surface area contributed by atoms with E-state index >= 15 is 0 Å². The molecule has 0 bridgehead atoms. The largest absolute Gasteiger partial charge is 0.389 e. The van der Waals surface area contributed by atoms with Crippen LogP contribution in [0.5, 0.6) is 0 Å². The number of aliphatic hydroxyl groups excluding tert-OH is 1. The Morgan fingerprint density at radius 1 is 0.905 bits per heavy atom. The maximum Gasteiger partial charge on any atom is 0.0952 e. The molecule has 0 heterocycles. The van der Waals surface area contributed by atoms with Crippen molar-refractivity contribution in [1.29, 1.82) is 0 Å². The van der Waals surface area contributed by atoms with Crippen molar-refractivity contribution >= 4 is 11.4 Å². The number of nitrogens with zero attached hydrogens (tertiary/aromatic N) is 1. The zero-order valence-electron chi connectivity index (χ0n) is 12.6. The Morgan fingerprint density at radius 3 is 1.81 bits per heavy atom. The van der Waals surface area contributed by atoms with E-state index in [0.29, 0.717) is 13.2 Å². The SMILES string of the molecule is CC(C)OCC(O)CN(c1ccccc1)c1ccccc1. The number of para-hydroxylation sites is 2. The third-order valence-corrected chi connectivity index (χ3v) is 3.15. The summed E-state index contributed by atoms with van der Waals surface area (Å²) in [6.07, 6.45) is -0.408. The molecule has 1 N–H and O–H groups in total. The molecule has 112 valence electrons. The summed E-state index contributed by atoms with van der Waals surface area (Å²) >= 11 is 0. The average molecular weight is 285 g/mol. The molecule has 1 atom stereocenters. The van der Waals surface area contributed by atoms with Crippen molar-refractivity contribution in [3.8, 4) is 0 Å². The minimum absolute atomic E-state index is 0.126. The molecular formula is C18H23NO2. The number of benzene rings is 2. The van der Waals surface area contributed by atoms with Crippen LogP contribution in [0, 0.1) is 0 Å². The number of anilines is 2. The van der Waals surface area contributed by atoms with E-state index < -0.39 is 6.10 Å². The summed E-state index contributed by atoms with van der Waals surface area (Å²) in [5.74, 6) is 0. The molecule has 0 saturated carbocycles. The zero-order valence-corrected chi connectivity index (χ0v) is 12.6. The fourth-order valence-electron chi connectivity index (χ4n) is 2.14. The van der Waals surface area contributed by atoms with E-state index in [0.717, 1.165) is 11.4 Å². The molecule has 0 aliphatic rings. The minimum atomic E-state index is -0.534. The third-order valence-electron chi connectivity index (χ3n) is 3.15. The highest BCUT2D eigenvalue weighted by atomic mass is 16.5. The second-order valence-electron chi connectivity index (χ2n) is 5.32. The van der Waals surface area contributed by atoms with Crippen molar-refractivity contribution in [3.05, 3.63) is 60.7 Å². The Hall–Kier alpha value is -1.84. The highest BCUT2D eigenvalue weighted by molar-refractivity contribution is 5.62. The van der Waals surface area contributed by atoms with Crippen molar-refractivity contribution in [3.63, 3.8) is 0 Å². The molecule has 0 aliphatic carbocycles. The number of ether oxygens (including phenoxy) is 1. The van der Waals surface area contributed by atoms with Gasteiger partial charge >= 0.3 is 0 Å². The first-order valence-electron chi connectivity index (χ1n) is 7.34. The van der Waals surface area contributed by atoms with Crippen molar-refractivity contribution in [2.75, 3.05) is 18.1 Å². The van der Waals surface area contributed by atoms with Gasteiger partial charge in [0.2, 0.25) is 0 Å². The lowest BCUT2D eigenvalue weighted by Gasteiger charge is -2.27. The molecule has 2 rings (SSSR count). The van der Waals surface area contributed by atoms with Crippen LogP contribution in [0.2, 0.25) is 0 Å². The predicted molar refractivity (Wildman–Crippen MR) is 87.0 cm³/mol. The van der Waals surface area contributed by atoms with Crippen LogP contribution in [0.1, 0.15) is 13.8 Å². The first-order valence-corrected chi connectivity index (χ1v) is 7.34. The van der Waals surface area contributed by atoms with Gasteiger partial charge in [0.25, 0.3) is 0 Å². The van der Waals surface area contributed by atoms with Crippen molar-refractivity contribution < 1.29 is 9.84 Å². The molecule has 21 heavy (non-hydrogen) atoms. The fraction of sp³-hybridized carbons (Fsp3) is 0.333. The standard InChI is InChI=1S/C18H23NO2/c1-15(2)21-14-18(20)13-19(16-9-5-3-6-10-16)17-11-7-4-8-12-17/h3-12,15,18,20H,13-14H2,1-2H3. The van der Waals surface area contributed by atoms with E-state index in [4.69, 9.17) is 4.74 Å². The van der Waals surface area contributed by atoms with E-state index in [1.54, 1.807) is 0 Å². The summed E-state index contributed by atoms with van der Waals surface area (Å²) in [7, 11) is 0. The second-order valence-corrected chi connectivity index (χ2v) is 5.32. The van der Waals surface area contributed by atoms with Gasteiger partial charge in [-0.05, 0) is 38.1 Å². The Morgan fingerprint density at radius 2 is 1.38 bits per heavy atom. The quantitative estimate of drug-likeness (QED) is 0.843. The highest BCUT2D eigenvalue weighted by Crippen LogP contribution is 2.24. The first-order chi connectivity index (χ1) is 10.2. The number of rotatable bonds is 7. The van der Waals surface area contributed by atoms with Crippen molar-refractivity contribution in [2.45, 2.75) is 26.1 Å². The summed E-state index contributed by atoms with van der Waals surface area (Å²) in [6, 6.07) is 20.2. The van der Waals surface area contributed by atoms with Gasteiger partial charge < -0.3 is 14.7 Å². The third kappa shape index (κ3) is 4.88. The van der Waals surface area contributed by atoms with Crippen LogP contribution in [-0.2, 0) is 4.74 Å². The van der Waals surface area contributed by atoms with Crippen LogP contribution in [0.3, 0.4) is 0 Å². The molecular weight excluding hydrogens is 262 g/mol. The van der Waals surface area contributed by atoms with Crippen molar-refractivity contribution in [1.82, 2.24) is 0 Å². The predicted octanol–water partition coefficient (Wildman–Crippen LogP) is 3.61. The topological polar surface area (TPSA) is 32.7 Å². The molecule has 0 amide bonds. The monoisotopic (exact) mass is 285 g/mol. The molecule has 0 saturated heterocycles. The lowest BCUT2D eigenvalue weighted by Crippen LogP contribution is -2.32. The van der Waals surface area contributed by atoms with E-state index in [1.807, 2.05) is 74.5 Å². The molecule has 2 aromatic carbocycles. The molecule has 0 aliphatic heterocycles. The van der Waals surface area contributed by atoms with Crippen LogP contribution < -0.4 is 4.90 Å². The Kier molecular flexibility index (Phi) is 5.78. The molecule has 2 aromatic rings. The van der Waals surface area contributed by atoms with Crippen LogP contribution in [-0.4, -0.2) is 30.5 Å².